The van der Waals surface area contributed by atoms with Crippen molar-refractivity contribution in [1.82, 2.24) is 10.2 Å². The summed E-state index contributed by atoms with van der Waals surface area (Å²) in [5.74, 6) is 5.08. The summed E-state index contributed by atoms with van der Waals surface area (Å²) in [5, 5.41) is 6.69. The van der Waals surface area contributed by atoms with Crippen molar-refractivity contribution in [3.63, 3.8) is 0 Å². The summed E-state index contributed by atoms with van der Waals surface area (Å²) in [4.78, 5) is 32.2. The molecule has 11 heteroatoms. The number of ether oxygens (including phenoxy) is 1. The van der Waals surface area contributed by atoms with E-state index in [0.29, 0.717) is 19.5 Å². The van der Waals surface area contributed by atoms with Crippen molar-refractivity contribution in [3.8, 4) is 0 Å². The van der Waals surface area contributed by atoms with Gasteiger partial charge in [-0.1, -0.05) is 18.2 Å². The van der Waals surface area contributed by atoms with Gasteiger partial charge in [-0.3, -0.25) is 9.79 Å². The van der Waals surface area contributed by atoms with E-state index < -0.39 is 42.0 Å². The van der Waals surface area contributed by atoms with Crippen molar-refractivity contribution in [2.24, 2.45) is 15.9 Å². The van der Waals surface area contributed by atoms with Crippen LogP contribution < -0.4 is 16.6 Å². The van der Waals surface area contributed by atoms with E-state index in [2.05, 4.69) is 15.4 Å². The molecule has 10 nitrogen and oxygen atoms in total. The SMILES string of the molecule is CC(C)(C)N=C/C(=N\N)C(=O)NC1CCN(C(=O)OC(C)(C)C)Cc2cc(B3OC(C)(C)C(C)(C)O3)ccc21. The van der Waals surface area contributed by atoms with Crippen LogP contribution in [0.15, 0.2) is 28.3 Å². The molecule has 1 saturated heterocycles. The zero-order chi connectivity index (χ0) is 29.4. The standard InChI is InChI=1S/C28H44BN5O5/c1-25(2,3)31-16-22(33-30)23(35)32-21-13-14-34(24(36)37-26(4,5)6)17-18-15-19(11-12-20(18)21)29-38-27(7,8)28(9,10)39-29/h11-12,15-16,21H,13-14,17,30H2,1-10H3,(H,32,35)/b31-16?,33-22+. The first-order valence-corrected chi connectivity index (χ1v) is 13.4. The highest BCUT2D eigenvalue weighted by atomic mass is 16.7. The summed E-state index contributed by atoms with van der Waals surface area (Å²) in [6.07, 6.45) is 1.45. The summed E-state index contributed by atoms with van der Waals surface area (Å²) in [6.45, 7) is 20.0. The predicted octanol–water partition coefficient (Wildman–Crippen LogP) is 3.47. The maximum atomic E-state index is 13.1. The highest BCUT2D eigenvalue weighted by Crippen LogP contribution is 2.37. The number of carbonyl (C=O) groups is 2. The number of nitrogens with zero attached hydrogens (tertiary/aromatic N) is 3. The Kier molecular flexibility index (Phi) is 8.58. The van der Waals surface area contributed by atoms with Gasteiger partial charge in [-0.05, 0) is 92.2 Å². The van der Waals surface area contributed by atoms with Crippen molar-refractivity contribution < 1.29 is 23.6 Å². The molecule has 3 rings (SSSR count). The Bertz CT molecular complexity index is 1130. The summed E-state index contributed by atoms with van der Waals surface area (Å²) < 4.78 is 18.2. The van der Waals surface area contributed by atoms with E-state index in [1.54, 1.807) is 4.90 Å². The van der Waals surface area contributed by atoms with Crippen LogP contribution in [-0.4, -0.2) is 64.8 Å². The van der Waals surface area contributed by atoms with Gasteiger partial charge in [-0.2, -0.15) is 5.10 Å². The number of amides is 2. The van der Waals surface area contributed by atoms with Gasteiger partial charge in [0.1, 0.15) is 5.60 Å². The molecule has 3 N–H and O–H groups in total. The summed E-state index contributed by atoms with van der Waals surface area (Å²) in [5.41, 5.74) is 0.612. The van der Waals surface area contributed by atoms with Crippen LogP contribution >= 0.6 is 0 Å². The van der Waals surface area contributed by atoms with Gasteiger partial charge in [0, 0.05) is 13.1 Å². The lowest BCUT2D eigenvalue weighted by Crippen LogP contribution is -2.41. The molecule has 39 heavy (non-hydrogen) atoms. The fourth-order valence-electron chi connectivity index (χ4n) is 4.22. The molecule has 214 valence electrons. The van der Waals surface area contributed by atoms with Crippen molar-refractivity contribution in [2.45, 2.75) is 111 Å². The molecule has 2 aliphatic rings. The summed E-state index contributed by atoms with van der Waals surface area (Å²) in [7, 11) is -0.559. The molecule has 2 heterocycles. The predicted molar refractivity (Wildman–Crippen MR) is 154 cm³/mol. The fraction of sp³-hybridized carbons (Fsp3) is 0.643. The molecular weight excluding hydrogens is 497 g/mol. The molecule has 0 radical (unpaired) electrons. The van der Waals surface area contributed by atoms with Gasteiger partial charge in [0.2, 0.25) is 0 Å². The van der Waals surface area contributed by atoms with E-state index in [0.717, 1.165) is 16.6 Å². The summed E-state index contributed by atoms with van der Waals surface area (Å²) >= 11 is 0. The van der Waals surface area contributed by atoms with E-state index in [1.165, 1.54) is 6.21 Å². The van der Waals surface area contributed by atoms with Crippen LogP contribution in [0, 0.1) is 0 Å². The first kappa shape index (κ1) is 30.6. The van der Waals surface area contributed by atoms with Gasteiger partial charge in [-0.25, -0.2) is 4.79 Å². The molecule has 1 aromatic rings. The van der Waals surface area contributed by atoms with Crippen LogP contribution in [-0.2, 0) is 25.4 Å². The van der Waals surface area contributed by atoms with Gasteiger partial charge in [0.15, 0.2) is 5.71 Å². The van der Waals surface area contributed by atoms with Crippen molar-refractivity contribution >= 4 is 36.5 Å². The minimum absolute atomic E-state index is 0.0218. The van der Waals surface area contributed by atoms with Crippen molar-refractivity contribution in [2.75, 3.05) is 6.54 Å². The maximum absolute atomic E-state index is 13.1. The first-order valence-electron chi connectivity index (χ1n) is 13.4. The van der Waals surface area contributed by atoms with Gasteiger partial charge in [-0.15, -0.1) is 0 Å². The molecule has 0 aliphatic carbocycles. The number of rotatable bonds is 4. The molecule has 2 aliphatic heterocycles. The van der Waals surface area contributed by atoms with E-state index in [9.17, 15) is 9.59 Å². The van der Waals surface area contributed by atoms with Gasteiger partial charge in [0.25, 0.3) is 5.91 Å². The Balaban J connectivity index is 1.95. The van der Waals surface area contributed by atoms with Gasteiger partial charge < -0.3 is 30.1 Å². The van der Waals surface area contributed by atoms with Crippen LogP contribution in [0.1, 0.15) is 92.8 Å². The second-order valence-electron chi connectivity index (χ2n) is 13.2. The van der Waals surface area contributed by atoms with Gasteiger partial charge >= 0.3 is 13.2 Å². The van der Waals surface area contributed by atoms with Crippen LogP contribution in [0.4, 0.5) is 4.79 Å². The number of fused-ring (bicyclic) bond motifs is 1. The zero-order valence-corrected chi connectivity index (χ0v) is 25.0. The number of nitrogens with one attached hydrogen (secondary N) is 1. The van der Waals surface area contributed by atoms with E-state index in [4.69, 9.17) is 19.9 Å². The highest BCUT2D eigenvalue weighted by Gasteiger charge is 2.51. The third kappa shape index (κ3) is 7.60. The molecule has 1 fully saturated rings. The van der Waals surface area contributed by atoms with E-state index in [-0.39, 0.29) is 11.3 Å². The molecule has 1 unspecified atom stereocenters. The second kappa shape index (κ2) is 10.9. The Morgan fingerprint density at radius 3 is 2.28 bits per heavy atom. The average molecular weight is 542 g/mol. The largest absolute Gasteiger partial charge is 0.494 e. The van der Waals surface area contributed by atoms with Crippen LogP contribution in [0.25, 0.3) is 0 Å². The normalized spacial score (nSPS) is 21.5. The number of nitrogens with two attached hydrogens (primary N) is 1. The molecule has 2 amide bonds. The number of aliphatic imine (C=N–C) groups is 1. The quantitative estimate of drug-likeness (QED) is 0.260. The fourth-order valence-corrected chi connectivity index (χ4v) is 4.22. The molecule has 1 atom stereocenters. The third-order valence-electron chi connectivity index (χ3n) is 7.02. The molecule has 1 aromatic carbocycles. The lowest BCUT2D eigenvalue weighted by atomic mass is 9.77. The monoisotopic (exact) mass is 541 g/mol. The van der Waals surface area contributed by atoms with Crippen molar-refractivity contribution in [1.29, 1.82) is 0 Å². The minimum atomic E-state index is -0.636. The second-order valence-corrected chi connectivity index (χ2v) is 13.2. The van der Waals surface area contributed by atoms with Crippen LogP contribution in [0.3, 0.4) is 0 Å². The molecule has 0 bridgehead atoms. The summed E-state index contributed by atoms with van der Waals surface area (Å²) in [6, 6.07) is 5.49. The van der Waals surface area contributed by atoms with E-state index >= 15 is 0 Å². The van der Waals surface area contributed by atoms with Crippen LogP contribution in [0.5, 0.6) is 0 Å². The highest BCUT2D eigenvalue weighted by molar-refractivity contribution is 6.62. The smallest absolute Gasteiger partial charge is 0.444 e. The molecular formula is C28H44BN5O5. The number of hydrazone groups is 1. The third-order valence-corrected chi connectivity index (χ3v) is 7.02. The number of carbonyl (C=O) groups excluding carboxylic acids is 2. The Morgan fingerprint density at radius 1 is 1.13 bits per heavy atom. The Morgan fingerprint density at radius 2 is 1.74 bits per heavy atom. The van der Waals surface area contributed by atoms with Crippen LogP contribution in [0.2, 0.25) is 0 Å². The van der Waals surface area contributed by atoms with Gasteiger partial charge in [0.05, 0.1) is 29.0 Å². The average Bonchev–Trinajstić information content (AvgIpc) is 2.90. The van der Waals surface area contributed by atoms with E-state index in [1.807, 2.05) is 87.4 Å². The molecule has 0 spiro atoms. The Hall–Kier alpha value is -2.92. The Labute approximate surface area is 232 Å². The first-order chi connectivity index (χ1) is 17.8. The zero-order valence-electron chi connectivity index (χ0n) is 25.0. The molecule has 0 aromatic heterocycles. The number of hydrogen-bond donors (Lipinski definition) is 2. The minimum Gasteiger partial charge on any atom is -0.444 e. The number of benzene rings is 1. The lowest BCUT2D eigenvalue weighted by molar-refractivity contribution is -0.115. The maximum Gasteiger partial charge on any atom is 0.494 e. The lowest BCUT2D eigenvalue weighted by Gasteiger charge is -2.32. The number of hydrogen-bond acceptors (Lipinski definition) is 8. The van der Waals surface area contributed by atoms with Crippen molar-refractivity contribution in [3.05, 3.63) is 29.3 Å². The topological polar surface area (TPSA) is 128 Å². The molecule has 0 saturated carbocycles.